The first-order valence-electron chi connectivity index (χ1n) is 11.2. The van der Waals surface area contributed by atoms with Gasteiger partial charge in [0.1, 0.15) is 0 Å². The molecule has 2 aliphatic rings. The van der Waals surface area contributed by atoms with Crippen molar-refractivity contribution in [2.45, 2.75) is 36.5 Å². The molecule has 2 aromatic carbocycles. The first-order valence-corrected chi connectivity index (χ1v) is 14.5. The van der Waals surface area contributed by atoms with Crippen LogP contribution in [0, 0.1) is 11.8 Å². The molecule has 0 saturated heterocycles. The molecule has 0 aromatic heterocycles. The molecule has 0 spiro atoms. The van der Waals surface area contributed by atoms with Crippen LogP contribution in [0.1, 0.15) is 45.7 Å². The molecule has 194 valence electrons. The van der Waals surface area contributed by atoms with Gasteiger partial charge in [0.15, 0.2) is 25.6 Å². The fraction of sp³-hybridized carbons (Fsp3) is 0.375. The monoisotopic (exact) mass is 535 g/mol. The van der Waals surface area contributed by atoms with E-state index in [-0.39, 0.29) is 50.2 Å². The zero-order valence-electron chi connectivity index (χ0n) is 20.2. The quantitative estimate of drug-likeness (QED) is 0.328. The predicted octanol–water partition coefficient (Wildman–Crippen LogP) is 1.51. The van der Waals surface area contributed by atoms with E-state index < -0.39 is 31.6 Å². The number of aliphatic imine (C=N–C) groups is 1. The number of nitrogens with zero attached hydrogens (tertiary/aromatic N) is 1. The van der Waals surface area contributed by atoms with Gasteiger partial charge in [0.25, 0.3) is 5.91 Å². The summed E-state index contributed by atoms with van der Waals surface area (Å²) in [6, 6.07) is 9.28. The maximum Gasteiger partial charge on any atom is 0.337 e. The second kappa shape index (κ2) is 10.4. The number of hydrogen-bond acceptors (Lipinski definition) is 7. The Bertz CT molecular complexity index is 1440. The van der Waals surface area contributed by atoms with Crippen molar-refractivity contribution >= 4 is 37.5 Å². The smallest absolute Gasteiger partial charge is 0.337 e. The lowest BCUT2D eigenvalue weighted by molar-refractivity contribution is 0.0600. The van der Waals surface area contributed by atoms with E-state index in [1.807, 2.05) is 13.8 Å². The van der Waals surface area contributed by atoms with E-state index in [1.165, 1.54) is 19.2 Å². The number of esters is 1. The van der Waals surface area contributed by atoms with Gasteiger partial charge in [0, 0.05) is 5.56 Å². The first kappa shape index (κ1) is 27.3. The molecule has 2 atom stereocenters. The summed E-state index contributed by atoms with van der Waals surface area (Å²) in [7, 11) is -5.33. The van der Waals surface area contributed by atoms with Crippen LogP contribution in [0.2, 0.25) is 0 Å². The van der Waals surface area contributed by atoms with Crippen LogP contribution in [-0.2, 0) is 37.3 Å². The fourth-order valence-corrected chi connectivity index (χ4v) is 8.19. The number of hydrogen-bond donors (Lipinski definition) is 2. The van der Waals surface area contributed by atoms with Gasteiger partial charge in [-0.2, -0.15) is 4.99 Å². The Kier molecular flexibility index (Phi) is 7.89. The van der Waals surface area contributed by atoms with Gasteiger partial charge < -0.3 is 16.2 Å². The molecule has 4 rings (SSSR count). The molecule has 0 saturated carbocycles. The molecule has 0 fully saturated rings. The number of sulfone groups is 2. The zero-order valence-corrected chi connectivity index (χ0v) is 21.9. The van der Waals surface area contributed by atoms with Crippen molar-refractivity contribution in [3.63, 3.8) is 0 Å². The number of methoxy groups -OCH3 is 1. The minimum Gasteiger partial charge on any atom is -0.465 e. The zero-order chi connectivity index (χ0) is 26.8. The van der Waals surface area contributed by atoms with E-state index in [0.717, 1.165) is 17.5 Å². The van der Waals surface area contributed by atoms with E-state index in [2.05, 4.69) is 9.73 Å². The van der Waals surface area contributed by atoms with Gasteiger partial charge in [-0.25, -0.2) is 21.6 Å². The molecule has 0 aliphatic carbocycles. The summed E-state index contributed by atoms with van der Waals surface area (Å²) in [5, 5.41) is 0. The molecule has 0 bridgehead atoms. The summed E-state index contributed by atoms with van der Waals surface area (Å²) in [6.45, 7) is 3.80. The summed E-state index contributed by atoms with van der Waals surface area (Å²) in [4.78, 5) is 26.9. The average molecular weight is 536 g/mol. The van der Waals surface area contributed by atoms with Gasteiger partial charge in [-0.15, -0.1) is 0 Å². The van der Waals surface area contributed by atoms with Gasteiger partial charge in [0.05, 0.1) is 34.0 Å². The van der Waals surface area contributed by atoms with Crippen LogP contribution < -0.4 is 11.5 Å². The average Bonchev–Trinajstić information content (AvgIpc) is 2.77. The van der Waals surface area contributed by atoms with Crippen molar-refractivity contribution in [2.75, 3.05) is 18.6 Å². The second-order valence-electron chi connectivity index (χ2n) is 9.16. The SMILES string of the molecule is CC1Cc2ccc(C(=O)N=C(N)N)cc2S(=O)(=O)C1.COC(=O)c1ccc2c(c1)S(=O)(=O)CC(C)C2. The molecule has 2 aliphatic heterocycles. The Labute approximate surface area is 210 Å². The van der Waals surface area contributed by atoms with Gasteiger partial charge in [-0.1, -0.05) is 26.0 Å². The lowest BCUT2D eigenvalue weighted by Gasteiger charge is -2.21. The first-order chi connectivity index (χ1) is 16.7. The number of carbonyl (C=O) groups excluding carboxylic acids is 2. The van der Waals surface area contributed by atoms with Crippen LogP contribution in [-0.4, -0.2) is 53.3 Å². The molecule has 2 aromatic rings. The van der Waals surface area contributed by atoms with Crippen molar-refractivity contribution < 1.29 is 31.2 Å². The van der Waals surface area contributed by atoms with Crippen LogP contribution in [0.4, 0.5) is 0 Å². The minimum absolute atomic E-state index is 0.0803. The third-order valence-electron chi connectivity index (χ3n) is 5.85. The molecular weight excluding hydrogens is 506 g/mol. The highest BCUT2D eigenvalue weighted by Gasteiger charge is 2.30. The Hall–Kier alpha value is -3.25. The van der Waals surface area contributed by atoms with E-state index >= 15 is 0 Å². The normalized spacial score (nSPS) is 21.0. The number of guanidine groups is 1. The van der Waals surface area contributed by atoms with Crippen LogP contribution in [0.5, 0.6) is 0 Å². The van der Waals surface area contributed by atoms with Gasteiger partial charge in [0.2, 0.25) is 0 Å². The van der Waals surface area contributed by atoms with Crippen molar-refractivity contribution in [1.29, 1.82) is 0 Å². The predicted molar refractivity (Wildman–Crippen MR) is 134 cm³/mol. The Morgan fingerprint density at radius 1 is 0.833 bits per heavy atom. The second-order valence-corrected chi connectivity index (χ2v) is 13.2. The number of nitrogens with two attached hydrogens (primary N) is 2. The van der Waals surface area contributed by atoms with E-state index in [1.54, 1.807) is 24.3 Å². The van der Waals surface area contributed by atoms with Crippen LogP contribution in [0.3, 0.4) is 0 Å². The molecule has 0 radical (unpaired) electrons. The molecule has 4 N–H and O–H groups in total. The van der Waals surface area contributed by atoms with E-state index in [0.29, 0.717) is 6.42 Å². The van der Waals surface area contributed by atoms with Crippen molar-refractivity contribution in [2.24, 2.45) is 28.3 Å². The molecule has 36 heavy (non-hydrogen) atoms. The summed E-state index contributed by atoms with van der Waals surface area (Å²) in [5.74, 6) is -1.06. The topological polar surface area (TPSA) is 176 Å². The molecule has 2 heterocycles. The summed E-state index contributed by atoms with van der Waals surface area (Å²) < 4.78 is 52.7. The van der Waals surface area contributed by atoms with Gasteiger partial charge >= 0.3 is 5.97 Å². The number of amides is 1. The highest BCUT2D eigenvalue weighted by molar-refractivity contribution is 7.91. The highest BCUT2D eigenvalue weighted by Crippen LogP contribution is 2.30. The fourth-order valence-electron chi connectivity index (χ4n) is 4.38. The van der Waals surface area contributed by atoms with Crippen LogP contribution in [0.25, 0.3) is 0 Å². The summed E-state index contributed by atoms with van der Waals surface area (Å²) in [6.07, 6.45) is 1.42. The Morgan fingerprint density at radius 3 is 1.72 bits per heavy atom. The van der Waals surface area contributed by atoms with Crippen molar-refractivity contribution in [3.8, 4) is 0 Å². The van der Waals surface area contributed by atoms with Gasteiger partial charge in [-0.05, 0) is 60.1 Å². The van der Waals surface area contributed by atoms with Crippen molar-refractivity contribution in [3.05, 3.63) is 58.7 Å². The summed E-state index contributed by atoms with van der Waals surface area (Å²) >= 11 is 0. The van der Waals surface area contributed by atoms with E-state index in [4.69, 9.17) is 11.5 Å². The van der Waals surface area contributed by atoms with E-state index in [9.17, 15) is 26.4 Å². The number of rotatable bonds is 2. The third-order valence-corrected chi connectivity index (χ3v) is 9.96. The number of ether oxygens (including phenoxy) is 1. The summed E-state index contributed by atoms with van der Waals surface area (Å²) in [5.41, 5.74) is 12.2. The Balaban J connectivity index is 0.000000202. The minimum atomic E-state index is -3.34. The van der Waals surface area contributed by atoms with Crippen LogP contribution in [0.15, 0.2) is 51.2 Å². The molecule has 1 amide bonds. The standard InChI is InChI=1S/C12H15N3O3S.C12H14O4S/c1-7-4-8-2-3-9(11(16)15-12(13)14)5-10(8)19(17,18)6-7;1-8-5-9-3-4-10(12(13)16-2)6-11(9)17(14,15)7-8/h2-3,5,7H,4,6H2,1H3,(H4,13,14,15,16);3-4,6,8H,5,7H2,1-2H3. The van der Waals surface area contributed by atoms with Crippen molar-refractivity contribution in [1.82, 2.24) is 0 Å². The maximum absolute atomic E-state index is 12.1. The molecular formula is C24H29N3O7S2. The Morgan fingerprint density at radius 2 is 1.28 bits per heavy atom. The van der Waals surface area contributed by atoms with Gasteiger partial charge in [-0.3, -0.25) is 4.79 Å². The highest BCUT2D eigenvalue weighted by atomic mass is 32.2. The number of fused-ring (bicyclic) bond motifs is 2. The molecule has 2 unspecified atom stereocenters. The number of benzene rings is 2. The lowest BCUT2D eigenvalue weighted by Crippen LogP contribution is -2.25. The third kappa shape index (κ3) is 6.11. The number of carbonyl (C=O) groups is 2. The molecule has 10 nitrogen and oxygen atoms in total. The molecule has 12 heteroatoms. The van der Waals surface area contributed by atoms with Crippen LogP contribution >= 0.6 is 0 Å². The maximum atomic E-state index is 12.1. The lowest BCUT2D eigenvalue weighted by atomic mass is 10.0. The largest absolute Gasteiger partial charge is 0.465 e.